The summed E-state index contributed by atoms with van der Waals surface area (Å²) < 4.78 is 11.7. The fourth-order valence-corrected chi connectivity index (χ4v) is 6.12. The third-order valence-electron chi connectivity index (χ3n) is 7.53. The monoisotopic (exact) mass is 484 g/mol. The minimum Gasteiger partial charge on any atom is -0.466 e. The van der Waals surface area contributed by atoms with Gasteiger partial charge in [-0.05, 0) is 44.6 Å². The number of unbranched alkanes of at least 4 members (excludes halogenated alkanes) is 2. The predicted octanol–water partition coefficient (Wildman–Crippen LogP) is 2.30. The Morgan fingerprint density at radius 3 is 2.74 bits per heavy atom. The number of fused-ring (bicyclic) bond motifs is 1. The number of aliphatic hydroxyl groups is 1. The maximum absolute atomic E-state index is 14.2. The number of aliphatic hydroxyl groups excluding tert-OH is 1. The average molecular weight is 485 g/mol. The fourth-order valence-electron chi connectivity index (χ4n) is 6.12. The SMILES string of the molecule is C=CCN(Cc1ccccc1)C(=O)C1N(CCCCCO)C(=O)[C@@H]2[C@H](C(=O)OCC)[C@@H]3CCC12O3. The molecule has 2 bridgehead atoms. The molecule has 1 spiro atoms. The van der Waals surface area contributed by atoms with Crippen LogP contribution in [0.25, 0.3) is 0 Å². The Hall–Kier alpha value is -2.71. The molecule has 0 aliphatic carbocycles. The van der Waals surface area contributed by atoms with Crippen molar-refractivity contribution in [3.8, 4) is 0 Å². The predicted molar refractivity (Wildman–Crippen MR) is 129 cm³/mol. The van der Waals surface area contributed by atoms with Gasteiger partial charge in [-0.25, -0.2) is 0 Å². The number of ether oxygens (including phenoxy) is 2. The van der Waals surface area contributed by atoms with Crippen LogP contribution in [0.4, 0.5) is 0 Å². The first kappa shape index (κ1) is 25.4. The highest BCUT2D eigenvalue weighted by Gasteiger charge is 2.74. The Morgan fingerprint density at radius 1 is 1.29 bits per heavy atom. The van der Waals surface area contributed by atoms with E-state index in [0.29, 0.717) is 45.3 Å². The molecule has 2 amide bonds. The highest BCUT2D eigenvalue weighted by molar-refractivity contribution is 5.98. The number of amides is 2. The summed E-state index contributed by atoms with van der Waals surface area (Å²) >= 11 is 0. The zero-order valence-electron chi connectivity index (χ0n) is 20.4. The Kier molecular flexibility index (Phi) is 7.91. The van der Waals surface area contributed by atoms with Crippen LogP contribution in [0, 0.1) is 11.8 Å². The number of benzene rings is 1. The zero-order chi connectivity index (χ0) is 25.0. The van der Waals surface area contributed by atoms with Crippen LogP contribution >= 0.6 is 0 Å². The molecule has 0 aromatic heterocycles. The van der Waals surface area contributed by atoms with Crippen LogP contribution in [0.15, 0.2) is 43.0 Å². The van der Waals surface area contributed by atoms with Crippen molar-refractivity contribution in [3.63, 3.8) is 0 Å². The smallest absolute Gasteiger partial charge is 0.312 e. The molecule has 0 saturated carbocycles. The summed E-state index contributed by atoms with van der Waals surface area (Å²) in [6.07, 6.45) is 4.49. The number of likely N-dealkylation sites (tertiary alicyclic amines) is 1. The molecule has 4 rings (SSSR count). The number of esters is 1. The molecule has 0 radical (unpaired) electrons. The number of carbonyl (C=O) groups is 3. The topological polar surface area (TPSA) is 96.4 Å². The summed E-state index contributed by atoms with van der Waals surface area (Å²) in [4.78, 5) is 44.2. The van der Waals surface area contributed by atoms with Crippen molar-refractivity contribution >= 4 is 17.8 Å². The molecule has 2 unspecified atom stereocenters. The summed E-state index contributed by atoms with van der Waals surface area (Å²) in [5.74, 6) is -2.20. The molecule has 8 heteroatoms. The summed E-state index contributed by atoms with van der Waals surface area (Å²) in [5.41, 5.74) is -0.0415. The van der Waals surface area contributed by atoms with Crippen molar-refractivity contribution < 1.29 is 29.0 Å². The molecule has 3 fully saturated rings. The molecule has 3 saturated heterocycles. The number of hydrogen-bond donors (Lipinski definition) is 1. The van der Waals surface area contributed by atoms with E-state index in [1.54, 1.807) is 22.8 Å². The first-order valence-corrected chi connectivity index (χ1v) is 12.7. The minimum atomic E-state index is -1.02. The van der Waals surface area contributed by atoms with E-state index in [-0.39, 0.29) is 25.0 Å². The van der Waals surface area contributed by atoms with E-state index < -0.39 is 35.6 Å². The molecule has 3 heterocycles. The lowest BCUT2D eigenvalue weighted by atomic mass is 9.70. The van der Waals surface area contributed by atoms with Gasteiger partial charge in [0.25, 0.3) is 0 Å². The van der Waals surface area contributed by atoms with Gasteiger partial charge in [-0.15, -0.1) is 6.58 Å². The van der Waals surface area contributed by atoms with Gasteiger partial charge >= 0.3 is 5.97 Å². The molecule has 1 N–H and O–H groups in total. The summed E-state index contributed by atoms with van der Waals surface area (Å²) in [6, 6.07) is 8.91. The van der Waals surface area contributed by atoms with E-state index in [1.165, 1.54) is 0 Å². The van der Waals surface area contributed by atoms with Gasteiger partial charge < -0.3 is 24.4 Å². The van der Waals surface area contributed by atoms with Gasteiger partial charge in [-0.3, -0.25) is 14.4 Å². The first-order chi connectivity index (χ1) is 17.0. The molecular weight excluding hydrogens is 448 g/mol. The third kappa shape index (κ3) is 4.61. The quantitative estimate of drug-likeness (QED) is 0.278. The van der Waals surface area contributed by atoms with Crippen molar-refractivity contribution in [3.05, 3.63) is 48.6 Å². The molecule has 8 nitrogen and oxygen atoms in total. The van der Waals surface area contributed by atoms with Gasteiger partial charge in [0.05, 0.1) is 24.5 Å². The molecule has 1 aromatic rings. The van der Waals surface area contributed by atoms with Crippen LogP contribution in [0.3, 0.4) is 0 Å². The van der Waals surface area contributed by atoms with Crippen molar-refractivity contribution in [1.29, 1.82) is 0 Å². The highest BCUT2D eigenvalue weighted by atomic mass is 16.6. The first-order valence-electron chi connectivity index (χ1n) is 12.7. The maximum Gasteiger partial charge on any atom is 0.312 e. The number of nitrogens with zero attached hydrogens (tertiary/aromatic N) is 2. The Bertz CT molecular complexity index is 937. The van der Waals surface area contributed by atoms with E-state index in [1.807, 2.05) is 30.3 Å². The van der Waals surface area contributed by atoms with Crippen LogP contribution in [-0.2, 0) is 30.4 Å². The lowest BCUT2D eigenvalue weighted by Gasteiger charge is -2.36. The van der Waals surface area contributed by atoms with E-state index >= 15 is 0 Å². The standard InChI is InChI=1S/C27H36N2O6/c1-3-15-28(18-19-11-7-5-8-12-19)25(32)23-27-14-13-20(35-27)21(26(33)34-4-2)22(27)24(31)29(23)16-9-6-10-17-30/h3,5,7-8,11-12,20-23,30H,1,4,6,9-10,13-18H2,2H3/t20-,21+,22-,23?,27?/m0/s1. The molecule has 1 aromatic carbocycles. The van der Waals surface area contributed by atoms with E-state index in [4.69, 9.17) is 14.6 Å². The van der Waals surface area contributed by atoms with Crippen molar-refractivity contribution in [2.75, 3.05) is 26.3 Å². The Morgan fingerprint density at radius 2 is 2.06 bits per heavy atom. The van der Waals surface area contributed by atoms with E-state index in [0.717, 1.165) is 12.0 Å². The largest absolute Gasteiger partial charge is 0.466 e. The second kappa shape index (κ2) is 10.9. The Balaban J connectivity index is 1.67. The number of rotatable bonds is 12. The second-order valence-electron chi connectivity index (χ2n) is 9.62. The molecule has 3 aliphatic heterocycles. The van der Waals surface area contributed by atoms with Crippen molar-refractivity contribution in [2.45, 2.75) is 63.3 Å². The van der Waals surface area contributed by atoms with Crippen LogP contribution in [0.1, 0.15) is 44.6 Å². The molecule has 35 heavy (non-hydrogen) atoms. The van der Waals surface area contributed by atoms with Gasteiger partial charge in [0.1, 0.15) is 11.6 Å². The van der Waals surface area contributed by atoms with Crippen LogP contribution < -0.4 is 0 Å². The molecule has 190 valence electrons. The van der Waals surface area contributed by atoms with Crippen LogP contribution in [0.5, 0.6) is 0 Å². The van der Waals surface area contributed by atoms with Gasteiger partial charge in [0, 0.05) is 26.2 Å². The van der Waals surface area contributed by atoms with Gasteiger partial charge in [0.2, 0.25) is 11.8 Å². The summed E-state index contributed by atoms with van der Waals surface area (Å²) in [6.45, 7) is 7.00. The Labute approximate surface area is 206 Å². The van der Waals surface area contributed by atoms with Crippen LogP contribution in [-0.4, -0.2) is 76.7 Å². The molecular formula is C27H36N2O6. The zero-order valence-corrected chi connectivity index (χ0v) is 20.4. The normalized spacial score (nSPS) is 28.7. The maximum atomic E-state index is 14.2. The lowest BCUT2D eigenvalue weighted by Crippen LogP contribution is -2.56. The van der Waals surface area contributed by atoms with E-state index in [2.05, 4.69) is 6.58 Å². The molecule has 3 aliphatic rings. The summed E-state index contributed by atoms with van der Waals surface area (Å²) in [5, 5.41) is 9.16. The van der Waals surface area contributed by atoms with Gasteiger partial charge in [-0.1, -0.05) is 36.4 Å². The van der Waals surface area contributed by atoms with Gasteiger partial charge in [0.15, 0.2) is 0 Å². The second-order valence-corrected chi connectivity index (χ2v) is 9.62. The highest BCUT2D eigenvalue weighted by Crippen LogP contribution is 2.58. The third-order valence-corrected chi connectivity index (χ3v) is 7.53. The minimum absolute atomic E-state index is 0.0861. The van der Waals surface area contributed by atoms with Crippen molar-refractivity contribution in [2.24, 2.45) is 11.8 Å². The van der Waals surface area contributed by atoms with Crippen LogP contribution in [0.2, 0.25) is 0 Å². The molecule has 5 atom stereocenters. The summed E-state index contributed by atoms with van der Waals surface area (Å²) in [7, 11) is 0. The van der Waals surface area contributed by atoms with Gasteiger partial charge in [-0.2, -0.15) is 0 Å². The number of carbonyl (C=O) groups excluding carboxylic acids is 3. The average Bonchev–Trinajstić information content (AvgIpc) is 3.49. The lowest BCUT2D eigenvalue weighted by molar-refractivity contribution is -0.155. The fraction of sp³-hybridized carbons (Fsp3) is 0.593. The van der Waals surface area contributed by atoms with Crippen molar-refractivity contribution in [1.82, 2.24) is 9.80 Å². The number of hydrogen-bond acceptors (Lipinski definition) is 6. The van der Waals surface area contributed by atoms with E-state index in [9.17, 15) is 14.4 Å².